The van der Waals surface area contributed by atoms with Crippen LogP contribution in [0.2, 0.25) is 0 Å². The molecule has 1 aliphatic rings. The summed E-state index contributed by atoms with van der Waals surface area (Å²) in [6.07, 6.45) is 1.99. The highest BCUT2D eigenvalue weighted by molar-refractivity contribution is 5.43. The standard InChI is InChI=1S/C15H18N4O/c1-10-6-13(4-5-16-10)20-14-8-19(9-14)15-7-11(2)17-12(3)18-15/h4-7,14H,8-9H2,1-3H3. The molecule has 0 spiro atoms. The van der Waals surface area contributed by atoms with E-state index in [1.165, 1.54) is 0 Å². The molecule has 1 saturated heterocycles. The topological polar surface area (TPSA) is 51.1 Å². The van der Waals surface area contributed by atoms with E-state index in [-0.39, 0.29) is 6.10 Å². The zero-order valence-corrected chi connectivity index (χ0v) is 12.0. The van der Waals surface area contributed by atoms with E-state index in [0.717, 1.165) is 41.9 Å². The highest BCUT2D eigenvalue weighted by Crippen LogP contribution is 2.23. The average Bonchev–Trinajstić information content (AvgIpc) is 2.32. The summed E-state index contributed by atoms with van der Waals surface area (Å²) in [4.78, 5) is 15.1. The number of aromatic nitrogens is 3. The van der Waals surface area contributed by atoms with Gasteiger partial charge in [-0.1, -0.05) is 0 Å². The molecule has 1 fully saturated rings. The van der Waals surface area contributed by atoms with E-state index in [0.29, 0.717) is 0 Å². The molecule has 0 radical (unpaired) electrons. The first-order valence-corrected chi connectivity index (χ1v) is 6.77. The largest absolute Gasteiger partial charge is 0.487 e. The second kappa shape index (κ2) is 5.07. The minimum atomic E-state index is 0.215. The summed E-state index contributed by atoms with van der Waals surface area (Å²) in [7, 11) is 0. The summed E-state index contributed by atoms with van der Waals surface area (Å²) in [5.74, 6) is 2.69. The van der Waals surface area contributed by atoms with E-state index < -0.39 is 0 Å². The zero-order chi connectivity index (χ0) is 14.1. The molecule has 0 bridgehead atoms. The lowest BCUT2D eigenvalue weighted by Crippen LogP contribution is -2.54. The highest BCUT2D eigenvalue weighted by atomic mass is 16.5. The van der Waals surface area contributed by atoms with E-state index in [2.05, 4.69) is 19.9 Å². The van der Waals surface area contributed by atoms with E-state index in [1.54, 1.807) is 6.20 Å². The Kier molecular flexibility index (Phi) is 3.26. The quantitative estimate of drug-likeness (QED) is 0.854. The van der Waals surface area contributed by atoms with Gasteiger partial charge in [0.15, 0.2) is 0 Å². The molecule has 20 heavy (non-hydrogen) atoms. The predicted molar refractivity (Wildman–Crippen MR) is 77.1 cm³/mol. The van der Waals surface area contributed by atoms with Crippen LogP contribution in [-0.4, -0.2) is 34.1 Å². The molecule has 0 unspecified atom stereocenters. The fraction of sp³-hybridized carbons (Fsp3) is 0.400. The molecule has 2 aromatic heterocycles. The number of anilines is 1. The van der Waals surface area contributed by atoms with Crippen molar-refractivity contribution in [1.29, 1.82) is 0 Å². The number of hydrogen-bond donors (Lipinski definition) is 0. The first-order valence-electron chi connectivity index (χ1n) is 6.77. The maximum atomic E-state index is 5.92. The Morgan fingerprint density at radius 1 is 1.10 bits per heavy atom. The molecule has 3 heterocycles. The molecule has 104 valence electrons. The summed E-state index contributed by atoms with van der Waals surface area (Å²) in [6, 6.07) is 5.87. The van der Waals surface area contributed by atoms with Crippen molar-refractivity contribution in [3.05, 3.63) is 41.6 Å². The molecule has 0 aromatic carbocycles. The Morgan fingerprint density at radius 2 is 1.90 bits per heavy atom. The maximum absolute atomic E-state index is 5.92. The smallest absolute Gasteiger partial charge is 0.134 e. The molecular weight excluding hydrogens is 252 g/mol. The van der Waals surface area contributed by atoms with Gasteiger partial charge in [0.1, 0.15) is 23.5 Å². The zero-order valence-electron chi connectivity index (χ0n) is 12.0. The van der Waals surface area contributed by atoms with Crippen molar-refractivity contribution >= 4 is 5.82 Å². The average molecular weight is 270 g/mol. The Morgan fingerprint density at radius 3 is 2.60 bits per heavy atom. The van der Waals surface area contributed by atoms with Gasteiger partial charge < -0.3 is 9.64 Å². The number of hydrogen-bond acceptors (Lipinski definition) is 5. The van der Waals surface area contributed by atoms with Crippen molar-refractivity contribution < 1.29 is 4.74 Å². The van der Waals surface area contributed by atoms with Gasteiger partial charge in [-0.25, -0.2) is 9.97 Å². The lowest BCUT2D eigenvalue weighted by atomic mass is 10.1. The molecule has 0 saturated carbocycles. The van der Waals surface area contributed by atoms with E-state index >= 15 is 0 Å². The van der Waals surface area contributed by atoms with Crippen LogP contribution in [0.15, 0.2) is 24.4 Å². The molecule has 5 heteroatoms. The highest BCUT2D eigenvalue weighted by Gasteiger charge is 2.29. The van der Waals surface area contributed by atoms with Crippen molar-refractivity contribution in [3.63, 3.8) is 0 Å². The van der Waals surface area contributed by atoms with Crippen molar-refractivity contribution in [3.8, 4) is 5.75 Å². The summed E-state index contributed by atoms with van der Waals surface area (Å²) < 4.78 is 5.92. The minimum absolute atomic E-state index is 0.215. The van der Waals surface area contributed by atoms with Gasteiger partial charge in [0, 0.05) is 29.7 Å². The minimum Gasteiger partial charge on any atom is -0.487 e. The van der Waals surface area contributed by atoms with Crippen molar-refractivity contribution in [1.82, 2.24) is 15.0 Å². The second-order valence-electron chi connectivity index (χ2n) is 5.19. The van der Waals surface area contributed by atoms with Gasteiger partial charge in [0.2, 0.25) is 0 Å². The Labute approximate surface area is 118 Å². The fourth-order valence-corrected chi connectivity index (χ4v) is 2.34. The van der Waals surface area contributed by atoms with Crippen LogP contribution in [0.25, 0.3) is 0 Å². The van der Waals surface area contributed by atoms with Crippen LogP contribution in [0.5, 0.6) is 5.75 Å². The van der Waals surface area contributed by atoms with Crippen LogP contribution in [0, 0.1) is 20.8 Å². The third kappa shape index (κ3) is 2.71. The van der Waals surface area contributed by atoms with Gasteiger partial charge >= 0.3 is 0 Å². The van der Waals surface area contributed by atoms with E-state index in [9.17, 15) is 0 Å². The van der Waals surface area contributed by atoms with Crippen LogP contribution >= 0.6 is 0 Å². The number of nitrogens with zero attached hydrogens (tertiary/aromatic N) is 4. The number of pyridine rings is 1. The lowest BCUT2D eigenvalue weighted by molar-refractivity contribution is 0.166. The molecule has 0 atom stereocenters. The molecular formula is C15H18N4O. The number of ether oxygens (including phenoxy) is 1. The van der Waals surface area contributed by atoms with E-state index in [4.69, 9.17) is 4.74 Å². The van der Waals surface area contributed by atoms with Gasteiger partial charge in [-0.15, -0.1) is 0 Å². The predicted octanol–water partition coefficient (Wildman–Crippen LogP) is 2.06. The summed E-state index contributed by atoms with van der Waals surface area (Å²) in [6.45, 7) is 7.59. The maximum Gasteiger partial charge on any atom is 0.134 e. The molecule has 0 aliphatic carbocycles. The molecule has 5 nitrogen and oxygen atoms in total. The number of rotatable bonds is 3. The summed E-state index contributed by atoms with van der Waals surface area (Å²) >= 11 is 0. The van der Waals surface area contributed by atoms with Crippen molar-refractivity contribution in [2.75, 3.05) is 18.0 Å². The Bertz CT molecular complexity index is 603. The van der Waals surface area contributed by atoms with Gasteiger partial charge in [-0.05, 0) is 26.8 Å². The molecule has 2 aromatic rings. The first kappa shape index (κ1) is 12.8. The first-order chi connectivity index (χ1) is 9.60. The second-order valence-corrected chi connectivity index (χ2v) is 5.19. The van der Waals surface area contributed by atoms with Gasteiger partial charge in [0.05, 0.1) is 13.1 Å². The van der Waals surface area contributed by atoms with Crippen molar-refractivity contribution in [2.24, 2.45) is 0 Å². The Hall–Kier alpha value is -2.17. The van der Waals surface area contributed by atoms with Crippen LogP contribution in [0.1, 0.15) is 17.2 Å². The normalized spacial score (nSPS) is 15.1. The summed E-state index contributed by atoms with van der Waals surface area (Å²) in [5.41, 5.74) is 1.97. The van der Waals surface area contributed by atoms with Gasteiger partial charge in [-0.3, -0.25) is 4.98 Å². The number of aryl methyl sites for hydroxylation is 3. The molecule has 1 aliphatic heterocycles. The van der Waals surface area contributed by atoms with Gasteiger partial charge in [-0.2, -0.15) is 0 Å². The third-order valence-electron chi connectivity index (χ3n) is 3.30. The van der Waals surface area contributed by atoms with Crippen molar-refractivity contribution in [2.45, 2.75) is 26.9 Å². The Balaban J connectivity index is 1.61. The molecule has 0 N–H and O–H groups in total. The van der Waals surface area contributed by atoms with Gasteiger partial charge in [0.25, 0.3) is 0 Å². The summed E-state index contributed by atoms with van der Waals surface area (Å²) in [5, 5.41) is 0. The van der Waals surface area contributed by atoms with Crippen LogP contribution < -0.4 is 9.64 Å². The molecule has 0 amide bonds. The fourth-order valence-electron chi connectivity index (χ4n) is 2.34. The third-order valence-corrected chi connectivity index (χ3v) is 3.30. The monoisotopic (exact) mass is 270 g/mol. The lowest BCUT2D eigenvalue weighted by Gasteiger charge is -2.39. The van der Waals surface area contributed by atoms with E-state index in [1.807, 2.05) is 39.0 Å². The van der Waals surface area contributed by atoms with Crippen LogP contribution in [0.4, 0.5) is 5.82 Å². The molecule has 3 rings (SSSR count). The van der Waals surface area contributed by atoms with Crippen LogP contribution in [-0.2, 0) is 0 Å². The SMILES string of the molecule is Cc1cc(OC2CN(c3cc(C)nc(C)n3)C2)ccn1. The van der Waals surface area contributed by atoms with Crippen LogP contribution in [0.3, 0.4) is 0 Å².